The van der Waals surface area contributed by atoms with Gasteiger partial charge >= 0.3 is 12.4 Å². The van der Waals surface area contributed by atoms with Crippen molar-refractivity contribution >= 4 is 0 Å². The van der Waals surface area contributed by atoms with Crippen LogP contribution in [0.3, 0.4) is 0 Å². The minimum absolute atomic E-state index is 0.480. The molecule has 0 aliphatic rings. The quantitative estimate of drug-likeness (QED) is 0.530. The van der Waals surface area contributed by atoms with Gasteiger partial charge in [-0.2, -0.15) is 26.3 Å². The van der Waals surface area contributed by atoms with Gasteiger partial charge < -0.3 is 9.47 Å². The first-order chi connectivity index (χ1) is 6.14. The van der Waals surface area contributed by atoms with Gasteiger partial charge in [0, 0.05) is 0 Å². The van der Waals surface area contributed by atoms with Gasteiger partial charge in [0.15, 0.2) is 0 Å². The van der Waals surface area contributed by atoms with E-state index >= 15 is 0 Å². The SMILES string of the molecule is CO/C(=C(/OC)C(F)(F)F)C(F)(F)F. The Balaban J connectivity index is 5.36. The molecule has 0 aromatic heterocycles. The van der Waals surface area contributed by atoms with Crippen LogP contribution in [0.2, 0.25) is 0 Å². The third kappa shape index (κ3) is 3.00. The molecule has 0 saturated heterocycles. The molecule has 0 heterocycles. The number of ether oxygens (including phenoxy) is 2. The Bertz CT molecular complexity index is 201. The van der Waals surface area contributed by atoms with Crippen LogP contribution < -0.4 is 0 Å². The molecule has 0 aliphatic carbocycles. The van der Waals surface area contributed by atoms with Crippen LogP contribution in [0.5, 0.6) is 0 Å². The Morgan fingerprint density at radius 1 is 0.714 bits per heavy atom. The third-order valence-corrected chi connectivity index (χ3v) is 1.13. The maximum absolute atomic E-state index is 11.9. The van der Waals surface area contributed by atoms with E-state index in [1.165, 1.54) is 0 Å². The van der Waals surface area contributed by atoms with E-state index in [1.54, 1.807) is 0 Å². The first kappa shape index (κ1) is 12.9. The number of rotatable bonds is 2. The van der Waals surface area contributed by atoms with Gasteiger partial charge in [0.05, 0.1) is 14.2 Å². The molecule has 0 aliphatic heterocycles. The zero-order valence-electron chi connectivity index (χ0n) is 7.08. The lowest BCUT2D eigenvalue weighted by molar-refractivity contribution is -0.163. The summed E-state index contributed by atoms with van der Waals surface area (Å²) in [4.78, 5) is 0. The molecular weight excluding hydrogens is 218 g/mol. The summed E-state index contributed by atoms with van der Waals surface area (Å²) in [6.07, 6.45) is -10.5. The van der Waals surface area contributed by atoms with Gasteiger partial charge in [-0.25, -0.2) is 0 Å². The monoisotopic (exact) mass is 224 g/mol. The Hall–Kier alpha value is -1.08. The van der Waals surface area contributed by atoms with E-state index < -0.39 is 23.9 Å². The van der Waals surface area contributed by atoms with Crippen LogP contribution in [0.15, 0.2) is 11.5 Å². The molecule has 84 valence electrons. The van der Waals surface area contributed by atoms with Gasteiger partial charge in [-0.3, -0.25) is 0 Å². The molecule has 0 rings (SSSR count). The van der Waals surface area contributed by atoms with Crippen LogP contribution in [0.1, 0.15) is 0 Å². The number of alkyl halides is 6. The highest BCUT2D eigenvalue weighted by atomic mass is 19.4. The predicted octanol–water partition coefficient (Wildman–Crippen LogP) is 2.62. The van der Waals surface area contributed by atoms with Crippen molar-refractivity contribution in [3.8, 4) is 0 Å². The van der Waals surface area contributed by atoms with Crippen LogP contribution in [0.4, 0.5) is 26.3 Å². The molecule has 0 aromatic carbocycles. The Labute approximate surface area is 75.1 Å². The van der Waals surface area contributed by atoms with Crippen LogP contribution in [0.25, 0.3) is 0 Å². The van der Waals surface area contributed by atoms with Gasteiger partial charge in [0.25, 0.3) is 0 Å². The molecule has 0 spiro atoms. The normalized spacial score (nSPS) is 14.9. The summed E-state index contributed by atoms with van der Waals surface area (Å²) in [6.45, 7) is 0. The minimum atomic E-state index is -5.24. The van der Waals surface area contributed by atoms with Gasteiger partial charge in [0.1, 0.15) is 0 Å². The maximum atomic E-state index is 11.9. The molecular formula is C6H6F6O2. The summed E-state index contributed by atoms with van der Waals surface area (Å²) >= 11 is 0. The summed E-state index contributed by atoms with van der Waals surface area (Å²) in [5.74, 6) is -4.40. The lowest BCUT2D eigenvalue weighted by atomic mass is 10.3. The van der Waals surface area contributed by atoms with E-state index in [1.807, 2.05) is 0 Å². The number of hydrogen-bond donors (Lipinski definition) is 0. The van der Waals surface area contributed by atoms with E-state index in [0.29, 0.717) is 14.2 Å². The van der Waals surface area contributed by atoms with Crippen molar-refractivity contribution in [1.29, 1.82) is 0 Å². The highest BCUT2D eigenvalue weighted by Gasteiger charge is 2.48. The summed E-state index contributed by atoms with van der Waals surface area (Å²) in [5.41, 5.74) is 0. The van der Waals surface area contributed by atoms with Gasteiger partial charge in [-0.1, -0.05) is 0 Å². The minimum Gasteiger partial charge on any atom is -0.490 e. The molecule has 14 heavy (non-hydrogen) atoms. The van der Waals surface area contributed by atoms with E-state index in [4.69, 9.17) is 0 Å². The number of methoxy groups -OCH3 is 2. The lowest BCUT2D eigenvalue weighted by Gasteiger charge is -2.16. The predicted molar refractivity (Wildman–Crippen MR) is 33.2 cm³/mol. The van der Waals surface area contributed by atoms with Crippen LogP contribution in [0, 0.1) is 0 Å². The van der Waals surface area contributed by atoms with E-state index in [0.717, 1.165) is 0 Å². The molecule has 0 atom stereocenters. The molecule has 0 aromatic rings. The smallest absolute Gasteiger partial charge is 0.452 e. The third-order valence-electron chi connectivity index (χ3n) is 1.13. The van der Waals surface area contributed by atoms with Gasteiger partial charge in [0.2, 0.25) is 11.5 Å². The summed E-state index contributed by atoms with van der Waals surface area (Å²) in [5, 5.41) is 0. The number of hydrogen-bond acceptors (Lipinski definition) is 2. The second-order valence-corrected chi connectivity index (χ2v) is 2.06. The molecule has 0 N–H and O–H groups in total. The Kier molecular flexibility index (Phi) is 3.66. The zero-order valence-corrected chi connectivity index (χ0v) is 7.08. The second-order valence-electron chi connectivity index (χ2n) is 2.06. The average Bonchev–Trinajstić information content (AvgIpc) is 1.94. The van der Waals surface area contributed by atoms with Gasteiger partial charge in [-0.15, -0.1) is 0 Å². The highest BCUT2D eigenvalue weighted by Crippen LogP contribution is 2.36. The molecule has 0 radical (unpaired) electrons. The van der Waals surface area contributed by atoms with E-state index in [-0.39, 0.29) is 0 Å². The van der Waals surface area contributed by atoms with Crippen LogP contribution in [-0.2, 0) is 9.47 Å². The van der Waals surface area contributed by atoms with E-state index in [2.05, 4.69) is 9.47 Å². The van der Waals surface area contributed by atoms with Crippen molar-refractivity contribution in [3.05, 3.63) is 11.5 Å². The van der Waals surface area contributed by atoms with Crippen molar-refractivity contribution in [1.82, 2.24) is 0 Å². The van der Waals surface area contributed by atoms with Crippen molar-refractivity contribution in [2.24, 2.45) is 0 Å². The second kappa shape index (κ2) is 3.97. The Morgan fingerprint density at radius 3 is 1.00 bits per heavy atom. The first-order valence-electron chi connectivity index (χ1n) is 3.11. The fourth-order valence-corrected chi connectivity index (χ4v) is 0.674. The maximum Gasteiger partial charge on any atom is 0.452 e. The average molecular weight is 224 g/mol. The van der Waals surface area contributed by atoms with Crippen molar-refractivity contribution in [2.75, 3.05) is 14.2 Å². The van der Waals surface area contributed by atoms with Crippen molar-refractivity contribution < 1.29 is 35.8 Å². The van der Waals surface area contributed by atoms with Crippen LogP contribution in [-0.4, -0.2) is 26.6 Å². The molecule has 0 fully saturated rings. The molecule has 0 amide bonds. The molecule has 8 heteroatoms. The summed E-state index contributed by atoms with van der Waals surface area (Å²) < 4.78 is 78.8. The Morgan fingerprint density at radius 2 is 0.929 bits per heavy atom. The van der Waals surface area contributed by atoms with Crippen molar-refractivity contribution in [2.45, 2.75) is 12.4 Å². The largest absolute Gasteiger partial charge is 0.490 e. The highest BCUT2D eigenvalue weighted by molar-refractivity contribution is 5.12. The molecule has 0 bridgehead atoms. The summed E-state index contributed by atoms with van der Waals surface area (Å²) in [7, 11) is 0.959. The molecule has 0 unspecified atom stereocenters. The molecule has 0 saturated carbocycles. The topological polar surface area (TPSA) is 18.5 Å². The fourth-order valence-electron chi connectivity index (χ4n) is 0.674. The zero-order chi connectivity index (χ0) is 11.6. The molecule has 2 nitrogen and oxygen atoms in total. The number of allylic oxidation sites excluding steroid dienone is 2. The van der Waals surface area contributed by atoms with E-state index in [9.17, 15) is 26.3 Å². The number of halogens is 6. The van der Waals surface area contributed by atoms with Crippen molar-refractivity contribution in [3.63, 3.8) is 0 Å². The first-order valence-corrected chi connectivity index (χ1v) is 3.11. The fraction of sp³-hybridized carbons (Fsp3) is 0.667. The lowest BCUT2D eigenvalue weighted by Crippen LogP contribution is -2.24. The summed E-state index contributed by atoms with van der Waals surface area (Å²) in [6, 6.07) is 0. The van der Waals surface area contributed by atoms with Gasteiger partial charge in [-0.05, 0) is 0 Å². The van der Waals surface area contributed by atoms with Crippen LogP contribution >= 0.6 is 0 Å². The standard InChI is InChI=1S/C6H6F6O2/c1-13-3(5(7,8)9)4(14-2)6(10,11)12/h1-2H3/b4-3+.